The summed E-state index contributed by atoms with van der Waals surface area (Å²) >= 11 is 0. The van der Waals surface area contributed by atoms with Gasteiger partial charge in [0.25, 0.3) is 0 Å². The molecule has 2 rings (SSSR count). The molecule has 1 radical (unpaired) electrons. The predicted octanol–water partition coefficient (Wildman–Crippen LogP) is 1.39. The van der Waals surface area contributed by atoms with Crippen LogP contribution in [0.1, 0.15) is 12.0 Å². The van der Waals surface area contributed by atoms with Gasteiger partial charge in [-0.3, -0.25) is 4.90 Å². The van der Waals surface area contributed by atoms with Crippen LogP contribution in [-0.2, 0) is 0 Å². The Morgan fingerprint density at radius 2 is 2.38 bits per heavy atom. The Kier molecular flexibility index (Phi) is 1.68. The predicted molar refractivity (Wildman–Crippen MR) is 42.5 cm³/mol. The number of aromatic nitrogens is 2. The van der Waals surface area contributed by atoms with Crippen LogP contribution in [-0.4, -0.2) is 22.6 Å². The van der Waals surface area contributed by atoms with Gasteiger partial charge < -0.3 is 0 Å². The summed E-state index contributed by atoms with van der Waals surface area (Å²) in [5, 5.41) is 0. The van der Waals surface area contributed by atoms with Crippen LogP contribution in [0, 0.1) is 13.3 Å². The molecular weight excluding hydrogens is 176 g/mol. The largest absolute Gasteiger partial charge is 0.328 e. The zero-order chi connectivity index (χ0) is 9.47. The van der Waals surface area contributed by atoms with Gasteiger partial charge in [-0.05, 0) is 6.92 Å². The highest BCUT2D eigenvalue weighted by Gasteiger charge is 2.47. The van der Waals surface area contributed by atoms with E-state index in [1.807, 2.05) is 0 Å². The molecule has 0 aliphatic carbocycles. The Morgan fingerprint density at radius 1 is 1.62 bits per heavy atom. The minimum absolute atomic E-state index is 0.101. The number of rotatable bonds is 1. The van der Waals surface area contributed by atoms with Crippen molar-refractivity contribution < 1.29 is 8.78 Å². The van der Waals surface area contributed by atoms with Crippen molar-refractivity contribution in [3.05, 3.63) is 18.1 Å². The van der Waals surface area contributed by atoms with Crippen LogP contribution in [0.4, 0.5) is 14.6 Å². The molecule has 1 saturated heterocycles. The zero-order valence-corrected chi connectivity index (χ0v) is 7.09. The average Bonchev–Trinajstić information content (AvgIpc) is 2.07. The second kappa shape index (κ2) is 2.61. The van der Waals surface area contributed by atoms with E-state index in [0.29, 0.717) is 12.1 Å². The topological polar surface area (TPSA) is 29.0 Å². The minimum atomic E-state index is -2.74. The molecule has 3 nitrogen and oxygen atoms in total. The highest BCUT2D eigenvalue weighted by atomic mass is 19.3. The molecule has 0 bridgehead atoms. The van der Waals surface area contributed by atoms with Gasteiger partial charge in [-0.15, -0.1) is 0 Å². The third-order valence-electron chi connectivity index (χ3n) is 2.11. The van der Waals surface area contributed by atoms with E-state index < -0.39 is 6.05 Å². The molecule has 0 amide bonds. The molecule has 1 aliphatic heterocycles. The molecule has 0 atom stereocenters. The first-order valence-corrected chi connectivity index (χ1v) is 3.96. The number of hydrogen-bond donors (Lipinski definition) is 0. The number of alkyl halides is 2. The molecule has 0 N–H and O–H groups in total. The van der Waals surface area contributed by atoms with Gasteiger partial charge in [0.2, 0.25) is 0 Å². The van der Waals surface area contributed by atoms with E-state index in [4.69, 9.17) is 0 Å². The summed E-state index contributed by atoms with van der Waals surface area (Å²) in [5.41, 5.74) is 0.651. The zero-order valence-electron chi connectivity index (χ0n) is 7.09. The van der Waals surface area contributed by atoms with E-state index >= 15 is 0 Å². The second-order valence-corrected chi connectivity index (χ2v) is 3.04. The van der Waals surface area contributed by atoms with Crippen molar-refractivity contribution in [3.63, 3.8) is 0 Å². The van der Waals surface area contributed by atoms with E-state index in [1.54, 1.807) is 6.92 Å². The van der Waals surface area contributed by atoms with Crippen molar-refractivity contribution in [2.24, 2.45) is 0 Å². The average molecular weight is 184 g/mol. The van der Waals surface area contributed by atoms with Crippen LogP contribution >= 0.6 is 0 Å². The fraction of sp³-hybridized carbons (Fsp3) is 0.500. The maximum atomic E-state index is 12.9. The number of halogens is 2. The van der Waals surface area contributed by atoms with Crippen LogP contribution in [0.2, 0.25) is 0 Å². The van der Waals surface area contributed by atoms with Gasteiger partial charge in [0.05, 0.1) is 0 Å². The van der Waals surface area contributed by atoms with Gasteiger partial charge in [0.15, 0.2) is 6.33 Å². The Bertz CT molecular complexity index is 327. The van der Waals surface area contributed by atoms with Crippen molar-refractivity contribution in [1.29, 1.82) is 0 Å². The van der Waals surface area contributed by atoms with Crippen LogP contribution < -0.4 is 4.90 Å². The highest BCUT2D eigenvalue weighted by Crippen LogP contribution is 2.37. The lowest BCUT2D eigenvalue weighted by Crippen LogP contribution is -2.54. The van der Waals surface area contributed by atoms with Crippen molar-refractivity contribution in [2.45, 2.75) is 19.4 Å². The van der Waals surface area contributed by atoms with Crippen LogP contribution in [0.3, 0.4) is 0 Å². The second-order valence-electron chi connectivity index (χ2n) is 3.04. The number of anilines is 1. The first-order chi connectivity index (χ1) is 6.11. The van der Waals surface area contributed by atoms with Crippen LogP contribution in [0.5, 0.6) is 0 Å². The molecule has 13 heavy (non-hydrogen) atoms. The monoisotopic (exact) mass is 184 g/mol. The molecule has 0 unspecified atom stereocenters. The van der Waals surface area contributed by atoms with Crippen molar-refractivity contribution in [3.8, 4) is 0 Å². The van der Waals surface area contributed by atoms with Crippen LogP contribution in [0.25, 0.3) is 0 Å². The smallest absolute Gasteiger partial charge is 0.297 e. The fourth-order valence-electron chi connectivity index (χ4n) is 1.27. The van der Waals surface area contributed by atoms with E-state index in [2.05, 4.69) is 16.3 Å². The lowest BCUT2D eigenvalue weighted by molar-refractivity contribution is -0.0556. The number of aryl methyl sites for hydroxylation is 1. The van der Waals surface area contributed by atoms with Gasteiger partial charge in [-0.1, -0.05) is 0 Å². The van der Waals surface area contributed by atoms with Crippen molar-refractivity contribution in [1.82, 2.24) is 9.97 Å². The normalized spacial score (nSPS) is 19.8. The molecule has 2 heterocycles. The molecule has 1 aromatic heterocycles. The van der Waals surface area contributed by atoms with Gasteiger partial charge in [0.1, 0.15) is 5.82 Å². The molecule has 1 fully saturated rings. The molecule has 0 saturated carbocycles. The fourth-order valence-corrected chi connectivity index (χ4v) is 1.27. The standard InChI is InChI=1S/C8H8F2N3/c1-6-4-11-5-12-7(6)13-3-2-8(13,9)10/h4H,2-3H2,1H3. The minimum Gasteiger partial charge on any atom is -0.297 e. The summed E-state index contributed by atoms with van der Waals surface area (Å²) in [4.78, 5) is 8.30. The summed E-state index contributed by atoms with van der Waals surface area (Å²) in [6.07, 6.45) is 3.70. The maximum Gasteiger partial charge on any atom is 0.328 e. The van der Waals surface area contributed by atoms with Crippen LogP contribution in [0.15, 0.2) is 6.20 Å². The van der Waals surface area contributed by atoms with E-state index in [1.165, 1.54) is 6.20 Å². The third-order valence-corrected chi connectivity index (χ3v) is 2.11. The SMILES string of the molecule is Cc1cn[c]nc1N1CCC1(F)F. The summed E-state index contributed by atoms with van der Waals surface area (Å²) in [6, 6.07) is -2.74. The summed E-state index contributed by atoms with van der Waals surface area (Å²) in [7, 11) is 0. The quantitative estimate of drug-likeness (QED) is 0.617. The molecular formula is C8H8F2N3. The first-order valence-electron chi connectivity index (χ1n) is 3.96. The van der Waals surface area contributed by atoms with E-state index in [0.717, 1.165) is 4.90 Å². The third kappa shape index (κ3) is 1.24. The first kappa shape index (κ1) is 8.34. The molecule has 0 aromatic carbocycles. The van der Waals surface area contributed by atoms with E-state index in [9.17, 15) is 8.78 Å². The van der Waals surface area contributed by atoms with Crippen molar-refractivity contribution >= 4 is 5.82 Å². The number of nitrogens with zero attached hydrogens (tertiary/aromatic N) is 3. The Morgan fingerprint density at radius 3 is 2.85 bits per heavy atom. The molecule has 1 aliphatic rings. The van der Waals surface area contributed by atoms with Crippen molar-refractivity contribution in [2.75, 3.05) is 11.4 Å². The number of hydrogen-bond acceptors (Lipinski definition) is 3. The van der Waals surface area contributed by atoms with Gasteiger partial charge >= 0.3 is 6.05 Å². The van der Waals surface area contributed by atoms with E-state index in [-0.39, 0.29) is 12.2 Å². The van der Waals surface area contributed by atoms with Gasteiger partial charge in [0, 0.05) is 24.7 Å². The van der Waals surface area contributed by atoms with Gasteiger partial charge in [-0.25, -0.2) is 9.97 Å². The Hall–Kier alpha value is -1.26. The summed E-state index contributed by atoms with van der Waals surface area (Å²) < 4.78 is 25.8. The Balaban J connectivity index is 2.32. The lowest BCUT2D eigenvalue weighted by Gasteiger charge is -2.41. The highest BCUT2D eigenvalue weighted by molar-refractivity contribution is 5.48. The Labute approximate surface area is 74.4 Å². The molecule has 5 heteroatoms. The molecule has 1 aromatic rings. The molecule has 0 spiro atoms. The summed E-state index contributed by atoms with van der Waals surface area (Å²) in [6.45, 7) is 2.05. The maximum absolute atomic E-state index is 12.9. The lowest BCUT2D eigenvalue weighted by atomic mass is 10.1. The molecule has 69 valence electrons. The van der Waals surface area contributed by atoms with Gasteiger partial charge in [-0.2, -0.15) is 8.78 Å². The summed E-state index contributed by atoms with van der Waals surface area (Å²) in [5.74, 6) is 0.284.